The van der Waals surface area contributed by atoms with Crippen LogP contribution >= 0.6 is 15.9 Å². The summed E-state index contributed by atoms with van der Waals surface area (Å²) in [5.74, 6) is -2.93. The van der Waals surface area contributed by atoms with E-state index < -0.39 is 16.8 Å². The van der Waals surface area contributed by atoms with Gasteiger partial charge in [-0.15, -0.1) is 0 Å². The van der Waals surface area contributed by atoms with E-state index in [1.807, 2.05) is 5.32 Å². The van der Waals surface area contributed by atoms with Gasteiger partial charge < -0.3 is 10.4 Å². The fraction of sp³-hybridized carbons (Fsp3) is 0.111. The number of amides is 1. The molecule has 8 heteroatoms. The van der Waals surface area contributed by atoms with E-state index >= 15 is 0 Å². The number of nitro benzene ring substituents is 1. The Labute approximate surface area is 104 Å². The molecule has 0 aliphatic rings. The van der Waals surface area contributed by atoms with Gasteiger partial charge in [0, 0.05) is 16.1 Å². The Kier molecular flexibility index (Phi) is 3.79. The summed E-state index contributed by atoms with van der Waals surface area (Å²) in [6, 6.07) is 2.52. The lowest BCUT2D eigenvalue weighted by Crippen LogP contribution is -2.22. The van der Waals surface area contributed by atoms with Crippen LogP contribution in [0.25, 0.3) is 0 Å². The van der Waals surface area contributed by atoms with Gasteiger partial charge in [-0.25, -0.2) is 4.79 Å². The molecule has 0 aliphatic heterocycles. The molecule has 7 nitrogen and oxygen atoms in total. The van der Waals surface area contributed by atoms with Gasteiger partial charge >= 0.3 is 11.9 Å². The first-order valence-electron chi connectivity index (χ1n) is 4.31. The summed E-state index contributed by atoms with van der Waals surface area (Å²) in [4.78, 5) is 31.3. The maximum atomic E-state index is 10.9. The zero-order valence-electron chi connectivity index (χ0n) is 8.56. The molecule has 90 valence electrons. The molecule has 0 atom stereocenters. The predicted octanol–water partition coefficient (Wildman–Crippen LogP) is 1.69. The molecule has 1 aromatic rings. The SMILES string of the molecule is Cc1cc(Br)c(NC(=O)C(=O)O)cc1[N+](=O)[O-]. The molecule has 0 spiro atoms. The second-order valence-corrected chi connectivity index (χ2v) is 3.99. The lowest BCUT2D eigenvalue weighted by Gasteiger charge is -2.06. The number of carbonyl (C=O) groups excluding carboxylic acids is 1. The minimum Gasteiger partial charge on any atom is -0.474 e. The van der Waals surface area contributed by atoms with Crippen molar-refractivity contribution in [1.82, 2.24) is 0 Å². The van der Waals surface area contributed by atoms with Gasteiger partial charge in [-0.2, -0.15) is 0 Å². The third-order valence-corrected chi connectivity index (χ3v) is 2.58. The van der Waals surface area contributed by atoms with Crippen LogP contribution in [0.1, 0.15) is 5.56 Å². The number of nitrogens with zero attached hydrogens (tertiary/aromatic N) is 1. The number of carbonyl (C=O) groups is 2. The standard InChI is InChI=1S/C9H7BrN2O5/c1-4-2-5(10)6(3-7(4)12(16)17)11-8(13)9(14)15/h2-3H,1H3,(H,11,13)(H,14,15). The Morgan fingerprint density at radius 3 is 2.53 bits per heavy atom. The Hall–Kier alpha value is -1.96. The number of aliphatic carboxylic acids is 1. The number of nitrogens with one attached hydrogen (secondary N) is 1. The average Bonchev–Trinajstić information content (AvgIpc) is 2.21. The van der Waals surface area contributed by atoms with Crippen molar-refractivity contribution in [3.8, 4) is 0 Å². The van der Waals surface area contributed by atoms with Crippen molar-refractivity contribution in [2.75, 3.05) is 5.32 Å². The van der Waals surface area contributed by atoms with Crippen LogP contribution in [0.5, 0.6) is 0 Å². The molecule has 0 aliphatic carbocycles. The van der Waals surface area contributed by atoms with Gasteiger partial charge in [0.25, 0.3) is 5.69 Å². The van der Waals surface area contributed by atoms with Crippen molar-refractivity contribution in [2.24, 2.45) is 0 Å². The molecule has 0 aromatic heterocycles. The van der Waals surface area contributed by atoms with E-state index in [1.165, 1.54) is 13.0 Å². The summed E-state index contributed by atoms with van der Waals surface area (Å²) in [6.45, 7) is 1.53. The average molecular weight is 303 g/mol. The molecule has 1 rings (SSSR count). The fourth-order valence-electron chi connectivity index (χ4n) is 1.13. The number of carboxylic acids is 1. The van der Waals surface area contributed by atoms with Crippen LogP contribution in [0, 0.1) is 17.0 Å². The van der Waals surface area contributed by atoms with E-state index in [9.17, 15) is 19.7 Å². The first kappa shape index (κ1) is 13.1. The number of carboxylic acid groups (broad SMARTS) is 1. The maximum Gasteiger partial charge on any atom is 0.394 e. The number of nitro groups is 1. The number of aryl methyl sites for hydroxylation is 1. The summed E-state index contributed by atoms with van der Waals surface area (Å²) in [7, 11) is 0. The van der Waals surface area contributed by atoms with Crippen LogP contribution in [0.3, 0.4) is 0 Å². The molecular weight excluding hydrogens is 296 g/mol. The molecule has 0 radical (unpaired) electrons. The normalized spacial score (nSPS) is 9.76. The number of anilines is 1. The van der Waals surface area contributed by atoms with Gasteiger partial charge in [0.1, 0.15) is 0 Å². The highest BCUT2D eigenvalue weighted by Gasteiger charge is 2.18. The Bertz CT molecular complexity index is 514. The van der Waals surface area contributed by atoms with Gasteiger partial charge in [0.05, 0.1) is 10.6 Å². The van der Waals surface area contributed by atoms with E-state index in [4.69, 9.17) is 5.11 Å². The predicted molar refractivity (Wildman–Crippen MR) is 61.8 cm³/mol. The molecule has 0 saturated carbocycles. The molecule has 0 fully saturated rings. The number of benzene rings is 1. The molecule has 0 bridgehead atoms. The van der Waals surface area contributed by atoms with Crippen LogP contribution in [0.4, 0.5) is 11.4 Å². The monoisotopic (exact) mass is 302 g/mol. The van der Waals surface area contributed by atoms with E-state index in [0.717, 1.165) is 6.07 Å². The molecule has 2 N–H and O–H groups in total. The lowest BCUT2D eigenvalue weighted by molar-refractivity contribution is -0.385. The first-order chi connectivity index (χ1) is 7.82. The van der Waals surface area contributed by atoms with Gasteiger partial charge in [0.15, 0.2) is 0 Å². The summed E-state index contributed by atoms with van der Waals surface area (Å²) in [5.41, 5.74) is 0.235. The highest BCUT2D eigenvalue weighted by atomic mass is 79.9. The molecule has 0 heterocycles. The first-order valence-corrected chi connectivity index (χ1v) is 5.11. The topological polar surface area (TPSA) is 110 Å². The smallest absolute Gasteiger partial charge is 0.394 e. The third-order valence-electron chi connectivity index (χ3n) is 1.92. The summed E-state index contributed by atoms with van der Waals surface area (Å²) in [6.07, 6.45) is 0. The third kappa shape index (κ3) is 3.00. The highest BCUT2D eigenvalue weighted by Crippen LogP contribution is 2.30. The van der Waals surface area contributed by atoms with Crippen LogP contribution in [-0.4, -0.2) is 21.9 Å². The molecule has 1 amide bonds. The van der Waals surface area contributed by atoms with E-state index in [0.29, 0.717) is 10.0 Å². The highest BCUT2D eigenvalue weighted by molar-refractivity contribution is 9.10. The zero-order chi connectivity index (χ0) is 13.2. The molecule has 0 saturated heterocycles. The van der Waals surface area contributed by atoms with Gasteiger partial charge in [-0.1, -0.05) is 0 Å². The van der Waals surface area contributed by atoms with Crippen molar-refractivity contribution in [3.05, 3.63) is 32.3 Å². The second-order valence-electron chi connectivity index (χ2n) is 3.13. The van der Waals surface area contributed by atoms with Crippen LogP contribution in [0.2, 0.25) is 0 Å². The van der Waals surface area contributed by atoms with Crippen LogP contribution in [-0.2, 0) is 9.59 Å². The van der Waals surface area contributed by atoms with E-state index in [-0.39, 0.29) is 11.4 Å². The van der Waals surface area contributed by atoms with E-state index in [1.54, 1.807) is 0 Å². The van der Waals surface area contributed by atoms with Crippen LogP contribution < -0.4 is 5.32 Å². The largest absolute Gasteiger partial charge is 0.474 e. The summed E-state index contributed by atoms with van der Waals surface area (Å²) in [5, 5.41) is 21.1. The van der Waals surface area contributed by atoms with Gasteiger partial charge in [-0.3, -0.25) is 14.9 Å². The van der Waals surface area contributed by atoms with Crippen molar-refractivity contribution >= 4 is 39.2 Å². The Balaban J connectivity index is 3.16. The molecule has 17 heavy (non-hydrogen) atoms. The van der Waals surface area contributed by atoms with Crippen molar-refractivity contribution in [2.45, 2.75) is 6.92 Å². The van der Waals surface area contributed by atoms with Crippen molar-refractivity contribution < 1.29 is 19.6 Å². The summed E-state index contributed by atoms with van der Waals surface area (Å²) < 4.78 is 0.371. The molecule has 1 aromatic carbocycles. The van der Waals surface area contributed by atoms with Crippen molar-refractivity contribution in [1.29, 1.82) is 0 Å². The van der Waals surface area contributed by atoms with E-state index in [2.05, 4.69) is 15.9 Å². The zero-order valence-corrected chi connectivity index (χ0v) is 10.1. The maximum absolute atomic E-state index is 10.9. The number of halogens is 1. The summed E-state index contributed by atoms with van der Waals surface area (Å²) >= 11 is 3.08. The number of hydrogen-bond donors (Lipinski definition) is 2. The number of rotatable bonds is 2. The van der Waals surface area contributed by atoms with Crippen LogP contribution in [0.15, 0.2) is 16.6 Å². The Morgan fingerprint density at radius 1 is 1.47 bits per heavy atom. The minimum absolute atomic E-state index is 0.0368. The number of hydrogen-bond acceptors (Lipinski definition) is 4. The molecular formula is C9H7BrN2O5. The molecule has 0 unspecified atom stereocenters. The van der Waals surface area contributed by atoms with Gasteiger partial charge in [-0.05, 0) is 28.9 Å². The quantitative estimate of drug-likeness (QED) is 0.491. The fourth-order valence-corrected chi connectivity index (χ4v) is 1.69. The lowest BCUT2D eigenvalue weighted by atomic mass is 10.2. The van der Waals surface area contributed by atoms with Crippen molar-refractivity contribution in [3.63, 3.8) is 0 Å². The Morgan fingerprint density at radius 2 is 2.06 bits per heavy atom. The second kappa shape index (κ2) is 4.91. The van der Waals surface area contributed by atoms with Gasteiger partial charge in [0.2, 0.25) is 0 Å². The minimum atomic E-state index is -1.67.